The Bertz CT molecular complexity index is 866. The Kier molecular flexibility index (Phi) is 4.53. The highest BCUT2D eigenvalue weighted by Crippen LogP contribution is 2.19. The second kappa shape index (κ2) is 6.75. The van der Waals surface area contributed by atoms with E-state index >= 15 is 0 Å². The number of fused-ring (bicyclic) bond motifs is 1. The minimum Gasteiger partial charge on any atom is -0.315 e. The summed E-state index contributed by atoms with van der Waals surface area (Å²) in [5.74, 6) is 0.728. The fourth-order valence-corrected chi connectivity index (χ4v) is 2.67. The number of nitrogens with zero attached hydrogens (tertiary/aromatic N) is 2. The van der Waals surface area contributed by atoms with Crippen molar-refractivity contribution in [2.75, 3.05) is 13.1 Å². The fourth-order valence-electron chi connectivity index (χ4n) is 2.67. The fraction of sp³-hybridized carbons (Fsp3) is 0.263. The van der Waals surface area contributed by atoms with Gasteiger partial charge in [-0.15, -0.1) is 0 Å². The summed E-state index contributed by atoms with van der Waals surface area (Å²) < 4.78 is 1.77. The van der Waals surface area contributed by atoms with Crippen molar-refractivity contribution >= 4 is 10.9 Å². The SMILES string of the molecule is CCNCCn1c(-c2ccc(C)cc2)nc2ccccc2c1=O. The Balaban J connectivity index is 2.18. The maximum atomic E-state index is 12.9. The molecule has 0 fully saturated rings. The topological polar surface area (TPSA) is 46.9 Å². The number of aromatic nitrogens is 2. The van der Waals surface area contributed by atoms with Crippen molar-refractivity contribution in [3.05, 3.63) is 64.4 Å². The second-order valence-corrected chi connectivity index (χ2v) is 5.63. The summed E-state index contributed by atoms with van der Waals surface area (Å²) in [6.07, 6.45) is 0. The van der Waals surface area contributed by atoms with Crippen molar-refractivity contribution in [2.24, 2.45) is 0 Å². The van der Waals surface area contributed by atoms with Gasteiger partial charge >= 0.3 is 0 Å². The Hall–Kier alpha value is -2.46. The van der Waals surface area contributed by atoms with Gasteiger partial charge < -0.3 is 5.32 Å². The largest absolute Gasteiger partial charge is 0.315 e. The van der Waals surface area contributed by atoms with Gasteiger partial charge in [-0.2, -0.15) is 0 Å². The molecule has 0 bridgehead atoms. The van der Waals surface area contributed by atoms with Crippen molar-refractivity contribution in [1.29, 1.82) is 0 Å². The van der Waals surface area contributed by atoms with Crippen molar-refractivity contribution in [3.8, 4) is 11.4 Å². The first-order valence-corrected chi connectivity index (χ1v) is 7.98. The molecule has 1 heterocycles. The molecule has 0 aliphatic rings. The van der Waals surface area contributed by atoms with Crippen LogP contribution in [0.3, 0.4) is 0 Å². The van der Waals surface area contributed by atoms with Gasteiger partial charge in [-0.05, 0) is 25.6 Å². The summed E-state index contributed by atoms with van der Waals surface area (Å²) in [6.45, 7) is 6.34. The van der Waals surface area contributed by atoms with Crippen molar-refractivity contribution in [3.63, 3.8) is 0 Å². The van der Waals surface area contributed by atoms with Crippen LogP contribution >= 0.6 is 0 Å². The standard InChI is InChI=1S/C19H21N3O/c1-3-20-12-13-22-18(15-10-8-14(2)9-11-15)21-17-7-5-4-6-16(17)19(22)23/h4-11,20H,3,12-13H2,1-2H3. The molecule has 0 saturated heterocycles. The molecule has 0 spiro atoms. The summed E-state index contributed by atoms with van der Waals surface area (Å²) in [7, 11) is 0. The minimum absolute atomic E-state index is 0.0177. The molecule has 3 aromatic rings. The van der Waals surface area contributed by atoms with Crippen LogP contribution in [0.15, 0.2) is 53.3 Å². The average molecular weight is 307 g/mol. The van der Waals surface area contributed by atoms with E-state index in [-0.39, 0.29) is 5.56 Å². The van der Waals surface area contributed by atoms with Crippen molar-refractivity contribution in [1.82, 2.24) is 14.9 Å². The van der Waals surface area contributed by atoms with Crippen LogP contribution in [0, 0.1) is 6.92 Å². The molecule has 0 amide bonds. The number of hydrogen-bond acceptors (Lipinski definition) is 3. The first kappa shape index (κ1) is 15.4. The maximum absolute atomic E-state index is 12.9. The van der Waals surface area contributed by atoms with Crippen LogP contribution in [0.2, 0.25) is 0 Å². The molecule has 2 aromatic carbocycles. The number of benzene rings is 2. The zero-order chi connectivity index (χ0) is 16.2. The minimum atomic E-state index is 0.0177. The van der Waals surface area contributed by atoms with E-state index in [4.69, 9.17) is 4.98 Å². The molecule has 0 aliphatic carbocycles. The first-order chi connectivity index (χ1) is 11.2. The van der Waals surface area contributed by atoms with Crippen LogP contribution in [0.1, 0.15) is 12.5 Å². The Labute approximate surface area is 135 Å². The third kappa shape index (κ3) is 3.17. The molecular weight excluding hydrogens is 286 g/mol. The zero-order valence-corrected chi connectivity index (χ0v) is 13.5. The van der Waals surface area contributed by atoms with Gasteiger partial charge in [0, 0.05) is 18.7 Å². The molecule has 0 unspecified atom stereocenters. The van der Waals surface area contributed by atoms with Gasteiger partial charge in [0.05, 0.1) is 10.9 Å². The number of nitrogens with one attached hydrogen (secondary N) is 1. The first-order valence-electron chi connectivity index (χ1n) is 7.98. The molecule has 4 heteroatoms. The Morgan fingerprint density at radius 1 is 1.09 bits per heavy atom. The molecule has 1 N–H and O–H groups in total. The van der Waals surface area contributed by atoms with Crippen molar-refractivity contribution < 1.29 is 0 Å². The van der Waals surface area contributed by atoms with E-state index in [2.05, 4.69) is 19.2 Å². The van der Waals surface area contributed by atoms with E-state index in [0.29, 0.717) is 11.9 Å². The average Bonchev–Trinajstić information content (AvgIpc) is 2.58. The van der Waals surface area contributed by atoms with Crippen LogP contribution in [0.25, 0.3) is 22.3 Å². The molecule has 4 nitrogen and oxygen atoms in total. The van der Waals surface area contributed by atoms with Crippen LogP contribution in [0.5, 0.6) is 0 Å². The lowest BCUT2D eigenvalue weighted by molar-refractivity contribution is 0.601. The summed E-state index contributed by atoms with van der Waals surface area (Å²) in [5, 5.41) is 3.94. The molecule has 0 saturated carbocycles. The highest BCUT2D eigenvalue weighted by Gasteiger charge is 2.12. The van der Waals surface area contributed by atoms with Gasteiger partial charge in [-0.25, -0.2) is 4.98 Å². The van der Waals surface area contributed by atoms with Gasteiger partial charge in [-0.1, -0.05) is 48.9 Å². The number of aryl methyl sites for hydroxylation is 1. The molecule has 1 aromatic heterocycles. The predicted molar refractivity (Wildman–Crippen MR) is 94.7 cm³/mol. The molecule has 0 radical (unpaired) electrons. The second-order valence-electron chi connectivity index (χ2n) is 5.63. The van der Waals surface area contributed by atoms with E-state index in [1.165, 1.54) is 5.56 Å². The predicted octanol–water partition coefficient (Wildman–Crippen LogP) is 2.98. The molecule has 0 atom stereocenters. The lowest BCUT2D eigenvalue weighted by Crippen LogP contribution is -2.29. The number of para-hydroxylation sites is 1. The molecule has 118 valence electrons. The Morgan fingerprint density at radius 2 is 1.83 bits per heavy atom. The van der Waals surface area contributed by atoms with Crippen LogP contribution in [-0.2, 0) is 6.54 Å². The summed E-state index contributed by atoms with van der Waals surface area (Å²) >= 11 is 0. The normalized spacial score (nSPS) is 11.0. The third-order valence-corrected chi connectivity index (χ3v) is 3.93. The zero-order valence-electron chi connectivity index (χ0n) is 13.5. The molecule has 3 rings (SSSR count). The van der Waals surface area contributed by atoms with Gasteiger partial charge in [0.2, 0.25) is 0 Å². The maximum Gasteiger partial charge on any atom is 0.261 e. The monoisotopic (exact) mass is 307 g/mol. The van der Waals surface area contributed by atoms with E-state index < -0.39 is 0 Å². The quantitative estimate of drug-likeness (QED) is 0.737. The van der Waals surface area contributed by atoms with E-state index in [9.17, 15) is 4.79 Å². The lowest BCUT2D eigenvalue weighted by atomic mass is 10.1. The van der Waals surface area contributed by atoms with Crippen LogP contribution < -0.4 is 10.9 Å². The number of hydrogen-bond donors (Lipinski definition) is 1. The summed E-state index contributed by atoms with van der Waals surface area (Å²) in [4.78, 5) is 17.6. The molecule has 23 heavy (non-hydrogen) atoms. The Morgan fingerprint density at radius 3 is 2.57 bits per heavy atom. The third-order valence-electron chi connectivity index (χ3n) is 3.93. The van der Waals surface area contributed by atoms with Gasteiger partial charge in [0.25, 0.3) is 5.56 Å². The highest BCUT2D eigenvalue weighted by atomic mass is 16.1. The number of rotatable bonds is 5. The van der Waals surface area contributed by atoms with Crippen LogP contribution in [-0.4, -0.2) is 22.6 Å². The van der Waals surface area contributed by atoms with Gasteiger partial charge in [0.15, 0.2) is 0 Å². The summed E-state index contributed by atoms with van der Waals surface area (Å²) in [6, 6.07) is 15.7. The van der Waals surface area contributed by atoms with Gasteiger partial charge in [-0.3, -0.25) is 9.36 Å². The molecular formula is C19H21N3O. The summed E-state index contributed by atoms with van der Waals surface area (Å²) in [5.41, 5.74) is 2.92. The van der Waals surface area contributed by atoms with Crippen LogP contribution in [0.4, 0.5) is 0 Å². The lowest BCUT2D eigenvalue weighted by Gasteiger charge is -2.14. The van der Waals surface area contributed by atoms with Crippen molar-refractivity contribution in [2.45, 2.75) is 20.4 Å². The highest BCUT2D eigenvalue weighted by molar-refractivity contribution is 5.79. The van der Waals surface area contributed by atoms with Gasteiger partial charge in [0.1, 0.15) is 5.82 Å². The smallest absolute Gasteiger partial charge is 0.261 e. The molecule has 0 aliphatic heterocycles. The van der Waals surface area contributed by atoms with E-state index in [1.54, 1.807) is 4.57 Å². The number of likely N-dealkylation sites (N-methyl/N-ethyl adjacent to an activating group) is 1. The van der Waals surface area contributed by atoms with E-state index in [1.807, 2.05) is 48.5 Å². The van der Waals surface area contributed by atoms with E-state index in [0.717, 1.165) is 30.0 Å².